The van der Waals surface area contributed by atoms with Crippen molar-refractivity contribution in [2.75, 3.05) is 32.7 Å². The molecule has 1 N–H and O–H groups in total. The topological polar surface area (TPSA) is 60.9 Å². The van der Waals surface area contributed by atoms with Crippen LogP contribution >= 0.6 is 11.6 Å². The second-order valence-corrected chi connectivity index (χ2v) is 5.90. The van der Waals surface area contributed by atoms with Crippen molar-refractivity contribution in [2.24, 2.45) is 0 Å². The van der Waals surface area contributed by atoms with Crippen molar-refractivity contribution < 1.29 is 13.0 Å². The quantitative estimate of drug-likeness (QED) is 0.368. The molecule has 5 nitrogen and oxygen atoms in total. The van der Waals surface area contributed by atoms with Gasteiger partial charge in [-0.1, -0.05) is 11.6 Å². The number of halogens is 1. The van der Waals surface area contributed by atoms with E-state index in [4.69, 9.17) is 16.2 Å². The molecule has 3 aliphatic heterocycles. The lowest BCUT2D eigenvalue weighted by molar-refractivity contribution is 0.0240. The van der Waals surface area contributed by atoms with E-state index in [2.05, 4.69) is 0 Å². The molecule has 0 aromatic heterocycles. The molecule has 3 heterocycles. The molecule has 13 heavy (non-hydrogen) atoms. The summed E-state index contributed by atoms with van der Waals surface area (Å²) in [6, 6.07) is 0. The molecule has 3 rings (SSSR count). The standard InChI is InChI=1S/C6H11ClN2O3S/c7-6(13(10,11)12)5-8-1-3-9(6)4-2-8/h1-5H2,(H,10,11,12). The Hall–Kier alpha value is 0.120. The summed E-state index contributed by atoms with van der Waals surface area (Å²) < 4.78 is 29.5. The van der Waals surface area contributed by atoms with E-state index in [-0.39, 0.29) is 6.54 Å². The summed E-state index contributed by atoms with van der Waals surface area (Å²) in [5.41, 5.74) is 0. The monoisotopic (exact) mass is 226 g/mol. The second-order valence-electron chi connectivity index (χ2n) is 3.43. The van der Waals surface area contributed by atoms with E-state index in [1.165, 1.54) is 0 Å². The second kappa shape index (κ2) is 2.80. The zero-order valence-corrected chi connectivity index (χ0v) is 8.55. The molecule has 0 spiro atoms. The van der Waals surface area contributed by atoms with Gasteiger partial charge in [0.2, 0.25) is 4.33 Å². The molecule has 3 fully saturated rings. The van der Waals surface area contributed by atoms with E-state index >= 15 is 0 Å². The molecule has 3 aliphatic rings. The Balaban J connectivity index is 2.34. The van der Waals surface area contributed by atoms with E-state index in [1.54, 1.807) is 4.90 Å². The first-order valence-corrected chi connectivity index (χ1v) is 5.89. The van der Waals surface area contributed by atoms with Gasteiger partial charge >= 0.3 is 0 Å². The molecule has 7 heteroatoms. The molecular weight excluding hydrogens is 216 g/mol. The maximum atomic E-state index is 11.1. The highest BCUT2D eigenvalue weighted by molar-refractivity contribution is 7.88. The van der Waals surface area contributed by atoms with Gasteiger partial charge in [-0.05, 0) is 0 Å². The van der Waals surface area contributed by atoms with Crippen LogP contribution in [0.2, 0.25) is 0 Å². The summed E-state index contributed by atoms with van der Waals surface area (Å²) in [6.45, 7) is 3.04. The Morgan fingerprint density at radius 3 is 2.00 bits per heavy atom. The molecule has 0 aromatic rings. The van der Waals surface area contributed by atoms with Crippen molar-refractivity contribution in [3.05, 3.63) is 0 Å². The Labute approximate surface area is 82.0 Å². The molecule has 1 unspecified atom stereocenters. The van der Waals surface area contributed by atoms with Gasteiger partial charge in [0.15, 0.2) is 0 Å². The normalized spacial score (nSPS) is 45.1. The van der Waals surface area contributed by atoms with Crippen molar-refractivity contribution in [3.8, 4) is 0 Å². The van der Waals surface area contributed by atoms with Crippen molar-refractivity contribution in [1.29, 1.82) is 0 Å². The van der Waals surface area contributed by atoms with Crippen molar-refractivity contribution >= 4 is 21.7 Å². The van der Waals surface area contributed by atoms with Gasteiger partial charge in [0, 0.05) is 32.7 Å². The van der Waals surface area contributed by atoms with E-state index in [0.717, 1.165) is 13.1 Å². The predicted molar refractivity (Wildman–Crippen MR) is 48.1 cm³/mol. The van der Waals surface area contributed by atoms with Gasteiger partial charge in [0.1, 0.15) is 0 Å². The maximum Gasteiger partial charge on any atom is 0.300 e. The van der Waals surface area contributed by atoms with E-state index in [1.807, 2.05) is 4.90 Å². The summed E-state index contributed by atoms with van der Waals surface area (Å²) >= 11 is 5.89. The highest BCUT2D eigenvalue weighted by atomic mass is 35.5. The maximum absolute atomic E-state index is 11.1. The minimum atomic E-state index is -4.21. The summed E-state index contributed by atoms with van der Waals surface area (Å²) in [5, 5.41) is 0. The van der Waals surface area contributed by atoms with Crippen LogP contribution in [-0.4, -0.2) is 59.8 Å². The summed E-state index contributed by atoms with van der Waals surface area (Å²) in [5.74, 6) is 0. The fourth-order valence-corrected chi connectivity index (χ4v) is 3.05. The van der Waals surface area contributed by atoms with Crippen LogP contribution < -0.4 is 0 Å². The summed E-state index contributed by atoms with van der Waals surface area (Å²) in [6.07, 6.45) is 0. The van der Waals surface area contributed by atoms with Crippen LogP contribution in [0, 0.1) is 0 Å². The first-order valence-electron chi connectivity index (χ1n) is 4.07. The zero-order chi connectivity index (χ0) is 9.69. The largest absolute Gasteiger partial charge is 0.300 e. The van der Waals surface area contributed by atoms with Gasteiger partial charge < -0.3 is 0 Å². The Morgan fingerprint density at radius 1 is 1.23 bits per heavy atom. The van der Waals surface area contributed by atoms with Crippen LogP contribution in [0.1, 0.15) is 0 Å². The van der Waals surface area contributed by atoms with Crippen LogP contribution in [0.5, 0.6) is 0 Å². The smallest absolute Gasteiger partial charge is 0.297 e. The molecule has 3 saturated heterocycles. The number of hydrogen-bond donors (Lipinski definition) is 1. The van der Waals surface area contributed by atoms with Gasteiger partial charge in [-0.15, -0.1) is 0 Å². The first-order chi connectivity index (χ1) is 5.93. The molecule has 0 radical (unpaired) electrons. The lowest BCUT2D eigenvalue weighted by atomic mass is 10.2. The molecule has 76 valence electrons. The molecular formula is C6H11ClN2O3S. The number of hydrogen-bond acceptors (Lipinski definition) is 4. The highest BCUT2D eigenvalue weighted by Gasteiger charge is 2.52. The van der Waals surface area contributed by atoms with Gasteiger partial charge in [0.05, 0.1) is 0 Å². The lowest BCUT2D eigenvalue weighted by Gasteiger charge is -2.50. The molecule has 0 aromatic carbocycles. The Kier molecular flexibility index (Phi) is 2.08. The minimum absolute atomic E-state index is 0.188. The Bertz CT molecular complexity index is 312. The van der Waals surface area contributed by atoms with Crippen LogP contribution in [-0.2, 0) is 10.1 Å². The molecule has 2 bridgehead atoms. The molecule has 0 aliphatic carbocycles. The third kappa shape index (κ3) is 1.37. The van der Waals surface area contributed by atoms with Crippen LogP contribution in [0.15, 0.2) is 0 Å². The average Bonchev–Trinajstić information content (AvgIpc) is 2.04. The lowest BCUT2D eigenvalue weighted by Crippen LogP contribution is -2.68. The minimum Gasteiger partial charge on any atom is -0.297 e. The van der Waals surface area contributed by atoms with Crippen molar-refractivity contribution in [2.45, 2.75) is 4.33 Å². The van der Waals surface area contributed by atoms with E-state index in [0.29, 0.717) is 13.1 Å². The van der Waals surface area contributed by atoms with Crippen LogP contribution in [0.3, 0.4) is 0 Å². The molecule has 0 amide bonds. The van der Waals surface area contributed by atoms with E-state index < -0.39 is 14.4 Å². The number of fused-ring (bicyclic) bond motifs is 3. The fourth-order valence-electron chi connectivity index (χ4n) is 1.86. The summed E-state index contributed by atoms with van der Waals surface area (Å²) in [7, 11) is -4.21. The third-order valence-corrected chi connectivity index (χ3v) is 4.78. The Morgan fingerprint density at radius 2 is 1.77 bits per heavy atom. The zero-order valence-electron chi connectivity index (χ0n) is 6.98. The highest BCUT2D eigenvalue weighted by Crippen LogP contribution is 2.33. The number of piperazine rings is 3. The number of nitrogens with zero attached hydrogens (tertiary/aromatic N) is 2. The van der Waals surface area contributed by atoms with Crippen molar-refractivity contribution in [1.82, 2.24) is 9.80 Å². The number of rotatable bonds is 1. The van der Waals surface area contributed by atoms with Crippen LogP contribution in [0.25, 0.3) is 0 Å². The predicted octanol–water partition coefficient (Wildman–Crippen LogP) is -0.602. The van der Waals surface area contributed by atoms with Gasteiger partial charge in [-0.25, -0.2) is 0 Å². The SMILES string of the molecule is O=S(=O)(O)C1(Cl)CN2CCN1CC2. The van der Waals surface area contributed by atoms with E-state index in [9.17, 15) is 8.42 Å². The first kappa shape index (κ1) is 9.67. The van der Waals surface area contributed by atoms with Gasteiger partial charge in [-0.3, -0.25) is 14.4 Å². The van der Waals surface area contributed by atoms with Gasteiger partial charge in [-0.2, -0.15) is 8.42 Å². The van der Waals surface area contributed by atoms with Gasteiger partial charge in [0.25, 0.3) is 10.1 Å². The molecule has 1 atom stereocenters. The molecule has 0 saturated carbocycles. The fraction of sp³-hybridized carbons (Fsp3) is 1.00. The van der Waals surface area contributed by atoms with Crippen molar-refractivity contribution in [3.63, 3.8) is 0 Å². The average molecular weight is 227 g/mol. The summed E-state index contributed by atoms with van der Waals surface area (Å²) in [4.78, 5) is 3.56. The number of alkyl halides is 1. The third-order valence-electron chi connectivity index (χ3n) is 2.66. The van der Waals surface area contributed by atoms with Crippen LogP contribution in [0.4, 0.5) is 0 Å².